The monoisotopic (exact) mass is 240 g/mol. The summed E-state index contributed by atoms with van der Waals surface area (Å²) < 4.78 is 0. The van der Waals surface area contributed by atoms with E-state index in [1.54, 1.807) is 0 Å². The lowest BCUT2D eigenvalue weighted by atomic mass is 9.63. The standard InChI is InChI=1S/C16H20N2/c1-11-15-8-12(10-17)4-5-14(15)13-6-7-18(3)16(11,2)9-13/h4-5,8,11,13H,6-7,9H2,1-3H3. The summed E-state index contributed by atoms with van der Waals surface area (Å²) in [5.41, 5.74) is 3.95. The third-order valence-corrected chi connectivity index (χ3v) is 5.40. The number of piperidine rings is 1. The molecular weight excluding hydrogens is 220 g/mol. The second-order valence-corrected chi connectivity index (χ2v) is 6.15. The van der Waals surface area contributed by atoms with Gasteiger partial charge in [0.1, 0.15) is 0 Å². The summed E-state index contributed by atoms with van der Waals surface area (Å²) in [7, 11) is 2.24. The summed E-state index contributed by atoms with van der Waals surface area (Å²) >= 11 is 0. The molecule has 3 rings (SSSR count). The molecule has 1 aromatic carbocycles. The van der Waals surface area contributed by atoms with Crippen molar-refractivity contribution in [2.24, 2.45) is 0 Å². The van der Waals surface area contributed by atoms with Gasteiger partial charge in [-0.2, -0.15) is 5.26 Å². The van der Waals surface area contributed by atoms with Crippen LogP contribution in [-0.2, 0) is 0 Å². The molecule has 1 aromatic rings. The molecule has 1 aliphatic carbocycles. The molecule has 1 aliphatic heterocycles. The van der Waals surface area contributed by atoms with Crippen LogP contribution in [0.1, 0.15) is 55.2 Å². The van der Waals surface area contributed by atoms with Crippen molar-refractivity contribution in [2.45, 2.75) is 44.1 Å². The van der Waals surface area contributed by atoms with Gasteiger partial charge in [0.05, 0.1) is 11.6 Å². The fourth-order valence-corrected chi connectivity index (χ4v) is 3.86. The lowest BCUT2D eigenvalue weighted by Crippen LogP contribution is -2.54. The van der Waals surface area contributed by atoms with Gasteiger partial charge in [0.2, 0.25) is 0 Å². The molecule has 1 heterocycles. The number of nitrogens with zero attached hydrogens (tertiary/aromatic N) is 2. The van der Waals surface area contributed by atoms with Gasteiger partial charge >= 0.3 is 0 Å². The molecule has 0 N–H and O–H groups in total. The molecule has 1 saturated heterocycles. The highest BCUT2D eigenvalue weighted by molar-refractivity contribution is 5.45. The molecule has 0 saturated carbocycles. The van der Waals surface area contributed by atoms with Crippen molar-refractivity contribution >= 4 is 0 Å². The van der Waals surface area contributed by atoms with E-state index in [0.717, 1.165) is 5.56 Å². The number of hydrogen-bond acceptors (Lipinski definition) is 2. The topological polar surface area (TPSA) is 27.0 Å². The van der Waals surface area contributed by atoms with E-state index in [-0.39, 0.29) is 5.54 Å². The van der Waals surface area contributed by atoms with Crippen LogP contribution >= 0.6 is 0 Å². The van der Waals surface area contributed by atoms with Crippen LogP contribution in [0.2, 0.25) is 0 Å². The zero-order valence-corrected chi connectivity index (χ0v) is 11.4. The Labute approximate surface area is 109 Å². The van der Waals surface area contributed by atoms with E-state index in [2.05, 4.69) is 44.0 Å². The summed E-state index contributed by atoms with van der Waals surface area (Å²) in [6.45, 7) is 5.88. The number of likely N-dealkylation sites (N-methyl/N-ethyl adjacent to an activating group) is 1. The smallest absolute Gasteiger partial charge is 0.0991 e. The van der Waals surface area contributed by atoms with Crippen LogP contribution in [0.4, 0.5) is 0 Å². The van der Waals surface area contributed by atoms with E-state index in [9.17, 15) is 0 Å². The molecule has 0 radical (unpaired) electrons. The van der Waals surface area contributed by atoms with Crippen molar-refractivity contribution in [3.63, 3.8) is 0 Å². The lowest BCUT2D eigenvalue weighted by Gasteiger charge is -2.54. The van der Waals surface area contributed by atoms with Gasteiger partial charge in [0, 0.05) is 5.54 Å². The summed E-state index contributed by atoms with van der Waals surface area (Å²) in [4.78, 5) is 2.51. The maximum Gasteiger partial charge on any atom is 0.0991 e. The zero-order valence-electron chi connectivity index (χ0n) is 11.4. The van der Waals surface area contributed by atoms with E-state index < -0.39 is 0 Å². The molecule has 2 heteroatoms. The Bertz CT molecular complexity index is 528. The molecule has 0 aromatic heterocycles. The highest BCUT2D eigenvalue weighted by atomic mass is 15.2. The molecule has 1 fully saturated rings. The predicted octanol–water partition coefficient (Wildman–Crippen LogP) is 3.24. The number of rotatable bonds is 0. The first-order valence-corrected chi connectivity index (χ1v) is 6.81. The van der Waals surface area contributed by atoms with Crippen molar-refractivity contribution in [3.8, 4) is 6.07 Å². The van der Waals surface area contributed by atoms with Crippen molar-refractivity contribution in [1.82, 2.24) is 4.90 Å². The van der Waals surface area contributed by atoms with E-state index >= 15 is 0 Å². The molecule has 3 unspecified atom stereocenters. The van der Waals surface area contributed by atoms with E-state index in [4.69, 9.17) is 5.26 Å². The Morgan fingerprint density at radius 1 is 1.39 bits per heavy atom. The van der Waals surface area contributed by atoms with Crippen molar-refractivity contribution in [1.29, 1.82) is 5.26 Å². The van der Waals surface area contributed by atoms with Crippen LogP contribution in [0.3, 0.4) is 0 Å². The van der Waals surface area contributed by atoms with Gasteiger partial charge in [-0.15, -0.1) is 0 Å². The van der Waals surface area contributed by atoms with Crippen molar-refractivity contribution < 1.29 is 0 Å². The number of nitriles is 1. The van der Waals surface area contributed by atoms with E-state index in [0.29, 0.717) is 11.8 Å². The molecule has 0 amide bonds. The Morgan fingerprint density at radius 2 is 2.17 bits per heavy atom. The zero-order chi connectivity index (χ0) is 12.9. The molecule has 0 spiro atoms. The van der Waals surface area contributed by atoms with Crippen LogP contribution < -0.4 is 0 Å². The van der Waals surface area contributed by atoms with Gasteiger partial charge in [0.15, 0.2) is 0 Å². The van der Waals surface area contributed by atoms with Crippen molar-refractivity contribution in [2.75, 3.05) is 13.6 Å². The van der Waals surface area contributed by atoms with Gasteiger partial charge in [-0.1, -0.05) is 13.0 Å². The van der Waals surface area contributed by atoms with Gasteiger partial charge in [-0.25, -0.2) is 0 Å². The summed E-state index contributed by atoms with van der Waals surface area (Å²) in [6, 6.07) is 8.56. The van der Waals surface area contributed by atoms with Crippen LogP contribution in [0.15, 0.2) is 18.2 Å². The van der Waals surface area contributed by atoms with Crippen LogP contribution in [-0.4, -0.2) is 24.0 Å². The third kappa shape index (κ3) is 1.44. The number of hydrogen-bond donors (Lipinski definition) is 0. The average molecular weight is 240 g/mol. The second-order valence-electron chi connectivity index (χ2n) is 6.15. The molecule has 2 nitrogen and oxygen atoms in total. The fourth-order valence-electron chi connectivity index (χ4n) is 3.86. The van der Waals surface area contributed by atoms with Gasteiger partial charge in [-0.05, 0) is 68.5 Å². The lowest BCUT2D eigenvalue weighted by molar-refractivity contribution is 0.0458. The first kappa shape index (κ1) is 11.7. The molecular formula is C16H20N2. The number of likely N-dealkylation sites (tertiary alicyclic amines) is 1. The molecule has 2 aliphatic rings. The van der Waals surface area contributed by atoms with Gasteiger partial charge < -0.3 is 4.90 Å². The maximum atomic E-state index is 9.08. The quantitative estimate of drug-likeness (QED) is 0.696. The van der Waals surface area contributed by atoms with E-state index in [1.165, 1.54) is 30.5 Å². The summed E-state index contributed by atoms with van der Waals surface area (Å²) in [5.74, 6) is 1.19. The first-order valence-electron chi connectivity index (χ1n) is 6.81. The van der Waals surface area contributed by atoms with Crippen LogP contribution in [0.5, 0.6) is 0 Å². The SMILES string of the molecule is CC1c2cc(C#N)ccc2C2CCN(C)C1(C)C2. The summed E-state index contributed by atoms with van der Waals surface area (Å²) in [5, 5.41) is 9.08. The normalized spacial score (nSPS) is 34.8. The first-order chi connectivity index (χ1) is 8.56. The van der Waals surface area contributed by atoms with Gasteiger partial charge in [-0.3, -0.25) is 0 Å². The highest BCUT2D eigenvalue weighted by Crippen LogP contribution is 2.51. The Hall–Kier alpha value is -1.33. The molecule has 3 atom stereocenters. The largest absolute Gasteiger partial charge is 0.300 e. The predicted molar refractivity (Wildman–Crippen MR) is 72.6 cm³/mol. The number of fused-ring (bicyclic) bond motifs is 4. The van der Waals surface area contributed by atoms with Crippen LogP contribution in [0.25, 0.3) is 0 Å². The molecule has 94 valence electrons. The minimum absolute atomic E-state index is 0.254. The van der Waals surface area contributed by atoms with E-state index in [1.807, 2.05) is 6.07 Å². The third-order valence-electron chi connectivity index (χ3n) is 5.40. The highest BCUT2D eigenvalue weighted by Gasteiger charge is 2.46. The Kier molecular flexibility index (Phi) is 2.50. The minimum Gasteiger partial charge on any atom is -0.300 e. The average Bonchev–Trinajstić information content (AvgIpc) is 2.39. The summed E-state index contributed by atoms with van der Waals surface area (Å²) in [6.07, 6.45) is 2.50. The Balaban J connectivity index is 2.16. The van der Waals surface area contributed by atoms with Gasteiger partial charge in [0.25, 0.3) is 0 Å². The fraction of sp³-hybridized carbons (Fsp3) is 0.562. The number of benzene rings is 1. The van der Waals surface area contributed by atoms with Crippen LogP contribution in [0, 0.1) is 11.3 Å². The van der Waals surface area contributed by atoms with Crippen molar-refractivity contribution in [3.05, 3.63) is 34.9 Å². The second kappa shape index (κ2) is 3.83. The maximum absolute atomic E-state index is 9.08. The molecule has 2 bridgehead atoms. The Morgan fingerprint density at radius 3 is 2.89 bits per heavy atom. The minimum atomic E-state index is 0.254. The molecule has 18 heavy (non-hydrogen) atoms.